The van der Waals surface area contributed by atoms with E-state index in [9.17, 15) is 19.5 Å². The summed E-state index contributed by atoms with van der Waals surface area (Å²) in [6, 6.07) is 17.5. The second kappa shape index (κ2) is 12.5. The molecule has 2 bridgehead atoms. The van der Waals surface area contributed by atoms with Crippen LogP contribution in [0.15, 0.2) is 86.0 Å². The van der Waals surface area contributed by atoms with E-state index in [4.69, 9.17) is 9.47 Å². The minimum absolute atomic E-state index is 0.118. The van der Waals surface area contributed by atoms with Crippen molar-refractivity contribution in [2.24, 2.45) is 17.8 Å². The number of hydrogen-bond acceptors (Lipinski definition) is 6. The van der Waals surface area contributed by atoms with Gasteiger partial charge < -0.3 is 24.4 Å². The number of benzene rings is 2. The Hall–Kier alpha value is -3.75. The first kappa shape index (κ1) is 30.7. The molecule has 3 fully saturated rings. The topological polar surface area (TPSA) is 96.4 Å². The Bertz CT molecular complexity index is 1350. The van der Waals surface area contributed by atoms with Gasteiger partial charge in [0.15, 0.2) is 0 Å². The average molecular weight is 587 g/mol. The fourth-order valence-electron chi connectivity index (χ4n) is 7.54. The number of carbonyl (C=O) groups is 3. The van der Waals surface area contributed by atoms with Gasteiger partial charge in [0.05, 0.1) is 30.8 Å². The van der Waals surface area contributed by atoms with Gasteiger partial charge in [-0.2, -0.15) is 0 Å². The fourth-order valence-corrected chi connectivity index (χ4v) is 7.54. The van der Waals surface area contributed by atoms with Crippen molar-refractivity contribution in [2.45, 2.75) is 62.9 Å². The van der Waals surface area contributed by atoms with Crippen LogP contribution in [0.5, 0.6) is 0 Å². The number of amides is 2. The quantitative estimate of drug-likeness (QED) is 0.217. The van der Waals surface area contributed by atoms with Gasteiger partial charge in [-0.25, -0.2) is 0 Å². The first-order valence-electron chi connectivity index (χ1n) is 15.1. The van der Waals surface area contributed by atoms with E-state index in [1.54, 1.807) is 17.1 Å². The van der Waals surface area contributed by atoms with E-state index in [-0.39, 0.29) is 37.5 Å². The maximum atomic E-state index is 14.8. The molecule has 2 aromatic carbocycles. The van der Waals surface area contributed by atoms with Crippen LogP contribution in [0.4, 0.5) is 0 Å². The van der Waals surface area contributed by atoms with Gasteiger partial charge in [0.2, 0.25) is 11.8 Å². The van der Waals surface area contributed by atoms with Crippen LogP contribution in [0.25, 0.3) is 0 Å². The summed E-state index contributed by atoms with van der Waals surface area (Å²) >= 11 is 0. The number of aliphatic hydroxyl groups excluding tert-OH is 1. The summed E-state index contributed by atoms with van der Waals surface area (Å²) in [5.41, 5.74) is -0.364. The lowest BCUT2D eigenvalue weighted by molar-refractivity contribution is -0.163. The number of ether oxygens (including phenoxy) is 2. The van der Waals surface area contributed by atoms with Crippen LogP contribution in [0.2, 0.25) is 0 Å². The second-order valence-corrected chi connectivity index (χ2v) is 12.2. The lowest BCUT2D eigenvalue weighted by atomic mass is 9.62. The summed E-state index contributed by atoms with van der Waals surface area (Å²) in [5, 5.41) is 10.7. The van der Waals surface area contributed by atoms with Gasteiger partial charge in [-0.15, -0.1) is 13.2 Å². The normalized spacial score (nSPS) is 29.7. The standard InChI is InChI=1S/C35H42N2O6/c1-5-7-19-42-33(41)29-28-31(39)37(27(23-38)20-25-14-10-8-11-15-25)30(35(28)21-24(3)34(29,4)43-35)32(40)36(18-6-2)22-26-16-12-9-13-17-26/h5-6,8-17,24,27-30,38H,1-2,7,18-23H2,3-4H3/t24?,27-,28+,29-,30?,34+,35?/m1/s1. The molecule has 2 amide bonds. The molecule has 2 aromatic rings. The summed E-state index contributed by atoms with van der Waals surface area (Å²) in [4.78, 5) is 46.3. The second-order valence-electron chi connectivity index (χ2n) is 12.2. The third-order valence-corrected chi connectivity index (χ3v) is 9.60. The number of aliphatic hydroxyl groups is 1. The molecular weight excluding hydrogens is 544 g/mol. The molecule has 8 heteroatoms. The number of fused-ring (bicyclic) bond motifs is 1. The smallest absolute Gasteiger partial charge is 0.312 e. The van der Waals surface area contributed by atoms with Crippen molar-refractivity contribution >= 4 is 17.8 Å². The molecule has 7 atom stereocenters. The van der Waals surface area contributed by atoms with Crippen LogP contribution < -0.4 is 0 Å². The van der Waals surface area contributed by atoms with Gasteiger partial charge in [-0.1, -0.05) is 79.7 Å². The van der Waals surface area contributed by atoms with Crippen LogP contribution in [0.1, 0.15) is 37.8 Å². The molecule has 228 valence electrons. The molecular formula is C35H42N2O6. The van der Waals surface area contributed by atoms with E-state index in [1.165, 1.54) is 4.90 Å². The molecule has 0 aliphatic carbocycles. The molecule has 5 rings (SSSR count). The van der Waals surface area contributed by atoms with Crippen molar-refractivity contribution in [3.8, 4) is 0 Å². The first-order valence-corrected chi connectivity index (χ1v) is 15.1. The highest BCUT2D eigenvalue weighted by Crippen LogP contribution is 2.65. The van der Waals surface area contributed by atoms with E-state index >= 15 is 0 Å². The molecule has 0 radical (unpaired) electrons. The molecule has 0 aromatic heterocycles. The fraction of sp³-hybridized carbons (Fsp3) is 0.457. The summed E-state index contributed by atoms with van der Waals surface area (Å²) in [6.07, 6.45) is 4.60. The van der Waals surface area contributed by atoms with Crippen LogP contribution in [-0.4, -0.2) is 75.7 Å². The Morgan fingerprint density at radius 2 is 1.77 bits per heavy atom. The maximum absolute atomic E-state index is 14.8. The number of esters is 1. The number of nitrogens with zero attached hydrogens (tertiary/aromatic N) is 2. The van der Waals surface area contributed by atoms with Crippen LogP contribution in [0.3, 0.4) is 0 Å². The molecule has 3 heterocycles. The van der Waals surface area contributed by atoms with E-state index in [0.717, 1.165) is 11.1 Å². The summed E-state index contributed by atoms with van der Waals surface area (Å²) in [5.74, 6) is -3.05. The maximum Gasteiger partial charge on any atom is 0.312 e. The Kier molecular flexibility index (Phi) is 8.90. The van der Waals surface area contributed by atoms with Gasteiger partial charge in [0.1, 0.15) is 17.6 Å². The highest BCUT2D eigenvalue weighted by Gasteiger charge is 2.80. The Morgan fingerprint density at radius 1 is 1.12 bits per heavy atom. The lowest BCUT2D eigenvalue weighted by Crippen LogP contribution is -2.59. The SMILES string of the molecule is C=CCCOC(=O)[C@H]1[C@H]2C(=O)N([C@@H](CO)Cc3ccccc3)C(C(=O)N(CC=C)Cc3ccccc3)C23CC(C)[C@]1(C)O3. The van der Waals surface area contributed by atoms with Crippen LogP contribution >= 0.6 is 0 Å². The van der Waals surface area contributed by atoms with Crippen molar-refractivity contribution in [1.29, 1.82) is 0 Å². The predicted molar refractivity (Wildman–Crippen MR) is 162 cm³/mol. The Morgan fingerprint density at radius 3 is 2.37 bits per heavy atom. The Labute approximate surface area is 254 Å². The van der Waals surface area contributed by atoms with E-state index in [2.05, 4.69) is 13.2 Å². The third-order valence-electron chi connectivity index (χ3n) is 9.60. The van der Waals surface area contributed by atoms with Crippen molar-refractivity contribution in [3.05, 3.63) is 97.1 Å². The van der Waals surface area contributed by atoms with Gasteiger partial charge in [-0.3, -0.25) is 14.4 Å². The summed E-state index contributed by atoms with van der Waals surface area (Å²) < 4.78 is 12.5. The number of likely N-dealkylation sites (tertiary alicyclic amines) is 1. The van der Waals surface area contributed by atoms with Gasteiger partial charge in [0, 0.05) is 13.1 Å². The molecule has 0 saturated carbocycles. The van der Waals surface area contributed by atoms with Gasteiger partial charge in [-0.05, 0) is 43.2 Å². The Balaban J connectivity index is 1.59. The van der Waals surface area contributed by atoms with E-state index < -0.39 is 41.1 Å². The van der Waals surface area contributed by atoms with Crippen LogP contribution in [0, 0.1) is 17.8 Å². The van der Waals surface area contributed by atoms with E-state index in [0.29, 0.717) is 25.8 Å². The largest absolute Gasteiger partial charge is 0.465 e. The molecule has 1 N–H and O–H groups in total. The average Bonchev–Trinajstić information content (AvgIpc) is 3.53. The highest BCUT2D eigenvalue weighted by molar-refractivity contribution is 5.99. The summed E-state index contributed by atoms with van der Waals surface area (Å²) in [6.45, 7) is 11.8. The molecule has 3 unspecified atom stereocenters. The van der Waals surface area contributed by atoms with E-state index in [1.807, 2.05) is 74.5 Å². The summed E-state index contributed by atoms with van der Waals surface area (Å²) in [7, 11) is 0. The first-order chi connectivity index (χ1) is 20.7. The zero-order valence-electron chi connectivity index (χ0n) is 25.1. The third kappa shape index (κ3) is 5.31. The molecule has 3 aliphatic heterocycles. The zero-order chi connectivity index (χ0) is 30.8. The molecule has 8 nitrogen and oxygen atoms in total. The lowest BCUT2D eigenvalue weighted by Gasteiger charge is -2.39. The number of rotatable bonds is 13. The van der Waals surface area contributed by atoms with Crippen molar-refractivity contribution < 1.29 is 29.0 Å². The minimum Gasteiger partial charge on any atom is -0.465 e. The minimum atomic E-state index is -1.25. The number of hydrogen-bond donors (Lipinski definition) is 1. The molecule has 1 spiro atoms. The van der Waals surface area contributed by atoms with Gasteiger partial charge >= 0.3 is 5.97 Å². The number of carbonyl (C=O) groups excluding carboxylic acids is 3. The van der Waals surface area contributed by atoms with Crippen molar-refractivity contribution in [1.82, 2.24) is 9.80 Å². The van der Waals surface area contributed by atoms with Gasteiger partial charge in [0.25, 0.3) is 0 Å². The monoisotopic (exact) mass is 586 g/mol. The predicted octanol–water partition coefficient (Wildman–Crippen LogP) is 3.93. The van der Waals surface area contributed by atoms with Crippen LogP contribution in [-0.2, 0) is 36.8 Å². The molecule has 43 heavy (non-hydrogen) atoms. The molecule has 3 saturated heterocycles. The zero-order valence-corrected chi connectivity index (χ0v) is 25.1. The molecule has 3 aliphatic rings. The van der Waals surface area contributed by atoms with Crippen molar-refractivity contribution in [3.63, 3.8) is 0 Å². The highest BCUT2D eigenvalue weighted by atomic mass is 16.6. The van der Waals surface area contributed by atoms with Crippen molar-refractivity contribution in [2.75, 3.05) is 19.8 Å².